The van der Waals surface area contributed by atoms with E-state index in [1.165, 1.54) is 24.3 Å². The zero-order valence-corrected chi connectivity index (χ0v) is 21.7. The molecule has 0 saturated heterocycles. The smallest absolute Gasteiger partial charge is 0.293 e. The van der Waals surface area contributed by atoms with Gasteiger partial charge in [-0.2, -0.15) is 0 Å². The average molecular weight is 571 g/mol. The number of carbonyl (C=O) groups is 1. The molecule has 0 aliphatic heterocycles. The van der Waals surface area contributed by atoms with E-state index in [0.717, 1.165) is 23.0 Å². The molecular formula is C27H24F2N4O6S. The minimum absolute atomic E-state index is 0.00336. The van der Waals surface area contributed by atoms with Crippen molar-refractivity contribution in [1.29, 1.82) is 0 Å². The number of ether oxygens (including phenoxy) is 1. The number of nitro benzene ring substituents is 1. The van der Waals surface area contributed by atoms with Gasteiger partial charge in [0.1, 0.15) is 17.2 Å². The highest BCUT2D eigenvalue weighted by atomic mass is 32.2. The van der Waals surface area contributed by atoms with Crippen LogP contribution in [0.1, 0.15) is 36.0 Å². The van der Waals surface area contributed by atoms with Crippen LogP contribution in [0.2, 0.25) is 0 Å². The number of H-pyrrole nitrogens is 1. The number of aromatic amines is 1. The van der Waals surface area contributed by atoms with E-state index in [2.05, 4.69) is 10.3 Å². The zero-order valence-electron chi connectivity index (χ0n) is 20.9. The molecule has 10 nitrogen and oxygen atoms in total. The number of sulfonamides is 1. The van der Waals surface area contributed by atoms with Gasteiger partial charge in [0.15, 0.2) is 0 Å². The van der Waals surface area contributed by atoms with Gasteiger partial charge in [0.25, 0.3) is 21.6 Å². The van der Waals surface area contributed by atoms with Crippen molar-refractivity contribution in [2.24, 2.45) is 0 Å². The molecule has 0 spiro atoms. The predicted molar refractivity (Wildman–Crippen MR) is 143 cm³/mol. The summed E-state index contributed by atoms with van der Waals surface area (Å²) in [5, 5.41) is 15.5. The van der Waals surface area contributed by atoms with Gasteiger partial charge in [0.05, 0.1) is 15.4 Å². The van der Waals surface area contributed by atoms with Crippen LogP contribution < -0.4 is 14.8 Å². The Morgan fingerprint density at radius 3 is 2.55 bits per heavy atom. The lowest BCUT2D eigenvalue weighted by Gasteiger charge is -2.29. The first-order valence-electron chi connectivity index (χ1n) is 12.3. The standard InChI is InChI=1S/C27H24F2N4O6S/c28-27(29)12-9-18(10-13-27)31-23-8-6-20(16-24(23)33(35)36)40(37,38)32-26(34)21-3-1-2-4-25(21)39-19-5-7-22-17(15-19)11-14-30-22/h1-8,11,14-16,18,30-31H,9-10,12-13H2,(H,32,34). The van der Waals surface area contributed by atoms with Crippen LogP contribution in [0.5, 0.6) is 11.5 Å². The minimum Gasteiger partial charge on any atom is -0.457 e. The number of para-hydroxylation sites is 1. The van der Waals surface area contributed by atoms with E-state index in [1.54, 1.807) is 30.5 Å². The quantitative estimate of drug-likeness (QED) is 0.175. The molecule has 5 rings (SSSR count). The van der Waals surface area contributed by atoms with Crippen molar-refractivity contribution in [3.05, 3.63) is 88.6 Å². The maximum Gasteiger partial charge on any atom is 0.293 e. The number of hydrogen-bond acceptors (Lipinski definition) is 7. The second-order valence-electron chi connectivity index (χ2n) is 9.47. The van der Waals surface area contributed by atoms with Crippen LogP contribution in [0.15, 0.2) is 77.8 Å². The van der Waals surface area contributed by atoms with Crippen molar-refractivity contribution in [3.8, 4) is 11.5 Å². The number of rotatable bonds is 8. The molecule has 1 amide bonds. The summed E-state index contributed by atoms with van der Waals surface area (Å²) in [6.07, 6.45) is 1.30. The Morgan fingerprint density at radius 2 is 1.80 bits per heavy atom. The van der Waals surface area contributed by atoms with E-state index in [9.17, 15) is 32.1 Å². The van der Waals surface area contributed by atoms with Gasteiger partial charge in [0.2, 0.25) is 5.92 Å². The van der Waals surface area contributed by atoms with Gasteiger partial charge in [-0.3, -0.25) is 14.9 Å². The molecule has 40 heavy (non-hydrogen) atoms. The number of alkyl halides is 2. The Bertz CT molecular complexity index is 1700. The normalized spacial score (nSPS) is 15.4. The number of amides is 1. The number of anilines is 1. The van der Waals surface area contributed by atoms with E-state index in [1.807, 2.05) is 10.8 Å². The number of nitro groups is 1. The largest absolute Gasteiger partial charge is 0.457 e. The zero-order chi connectivity index (χ0) is 28.5. The Labute approximate surface area is 227 Å². The summed E-state index contributed by atoms with van der Waals surface area (Å²) < 4.78 is 60.8. The number of carbonyl (C=O) groups excluding carboxylic acids is 1. The van der Waals surface area contributed by atoms with E-state index < -0.39 is 43.4 Å². The molecule has 13 heteroatoms. The van der Waals surface area contributed by atoms with Crippen molar-refractivity contribution in [2.45, 2.75) is 42.5 Å². The van der Waals surface area contributed by atoms with E-state index in [0.29, 0.717) is 5.75 Å². The molecule has 1 heterocycles. The first-order valence-corrected chi connectivity index (χ1v) is 13.8. The Morgan fingerprint density at radius 1 is 1.05 bits per heavy atom. The molecule has 0 radical (unpaired) electrons. The molecular weight excluding hydrogens is 546 g/mol. The molecule has 1 aromatic heterocycles. The third kappa shape index (κ3) is 5.88. The molecule has 4 aromatic rings. The van der Waals surface area contributed by atoms with Crippen LogP contribution in [0, 0.1) is 10.1 Å². The number of nitrogens with zero attached hydrogens (tertiary/aromatic N) is 1. The first kappa shape index (κ1) is 27.1. The number of fused-ring (bicyclic) bond motifs is 1. The Balaban J connectivity index is 1.34. The van der Waals surface area contributed by atoms with Crippen LogP contribution in [0.4, 0.5) is 20.2 Å². The van der Waals surface area contributed by atoms with E-state index >= 15 is 0 Å². The average Bonchev–Trinajstić information content (AvgIpc) is 3.38. The second-order valence-corrected chi connectivity index (χ2v) is 11.2. The molecule has 1 fully saturated rings. The van der Waals surface area contributed by atoms with Crippen LogP contribution in [-0.2, 0) is 10.0 Å². The summed E-state index contributed by atoms with van der Waals surface area (Å²) in [5.41, 5.74) is 0.266. The Kier molecular flexibility index (Phi) is 7.15. The highest BCUT2D eigenvalue weighted by molar-refractivity contribution is 7.90. The third-order valence-electron chi connectivity index (χ3n) is 6.66. The van der Waals surface area contributed by atoms with Gasteiger partial charge < -0.3 is 15.0 Å². The molecule has 3 N–H and O–H groups in total. The lowest BCUT2D eigenvalue weighted by molar-refractivity contribution is -0.384. The number of hydrogen-bond donors (Lipinski definition) is 3. The van der Waals surface area contributed by atoms with Crippen molar-refractivity contribution in [1.82, 2.24) is 9.71 Å². The lowest BCUT2D eigenvalue weighted by Crippen LogP contribution is -2.32. The van der Waals surface area contributed by atoms with Crippen molar-refractivity contribution in [2.75, 3.05) is 5.32 Å². The molecule has 1 aliphatic carbocycles. The third-order valence-corrected chi connectivity index (χ3v) is 7.99. The molecule has 208 valence electrons. The first-order chi connectivity index (χ1) is 19.0. The highest BCUT2D eigenvalue weighted by Crippen LogP contribution is 2.36. The summed E-state index contributed by atoms with van der Waals surface area (Å²) in [7, 11) is -4.53. The fourth-order valence-electron chi connectivity index (χ4n) is 4.56. The van der Waals surface area contributed by atoms with Gasteiger partial charge in [-0.05, 0) is 61.4 Å². The van der Waals surface area contributed by atoms with Gasteiger partial charge in [-0.25, -0.2) is 21.9 Å². The maximum absolute atomic E-state index is 13.5. The van der Waals surface area contributed by atoms with Gasteiger partial charge >= 0.3 is 0 Å². The number of halogens is 2. The SMILES string of the molecule is O=C(NS(=O)(=O)c1ccc(NC2CCC(F)(F)CC2)c([N+](=O)[O-])c1)c1ccccc1Oc1ccc2[nH]ccc2c1. The summed E-state index contributed by atoms with van der Waals surface area (Å²) in [5.74, 6) is -3.23. The summed E-state index contributed by atoms with van der Waals surface area (Å²) in [4.78, 5) is 26.5. The van der Waals surface area contributed by atoms with Crippen LogP contribution in [0.3, 0.4) is 0 Å². The van der Waals surface area contributed by atoms with Gasteiger partial charge in [-0.1, -0.05) is 12.1 Å². The molecule has 0 unspecified atom stereocenters. The lowest BCUT2D eigenvalue weighted by atomic mass is 9.92. The maximum atomic E-state index is 13.5. The van der Waals surface area contributed by atoms with E-state index in [4.69, 9.17) is 4.74 Å². The topological polar surface area (TPSA) is 143 Å². The fraction of sp³-hybridized carbons (Fsp3) is 0.222. The second kappa shape index (κ2) is 10.6. The molecule has 3 aromatic carbocycles. The van der Waals surface area contributed by atoms with Crippen molar-refractivity contribution < 1.29 is 31.7 Å². The number of nitrogens with one attached hydrogen (secondary N) is 3. The summed E-state index contributed by atoms with van der Waals surface area (Å²) in [6.45, 7) is 0. The predicted octanol–water partition coefficient (Wildman–Crippen LogP) is 5.98. The number of benzene rings is 3. The van der Waals surface area contributed by atoms with Crippen LogP contribution in [-0.4, -0.2) is 36.2 Å². The van der Waals surface area contributed by atoms with Crippen molar-refractivity contribution >= 4 is 38.2 Å². The molecule has 1 saturated carbocycles. The minimum atomic E-state index is -4.53. The fourth-order valence-corrected chi connectivity index (χ4v) is 5.54. The van der Waals surface area contributed by atoms with Crippen molar-refractivity contribution in [3.63, 3.8) is 0 Å². The molecule has 0 atom stereocenters. The molecule has 1 aliphatic rings. The van der Waals surface area contributed by atoms with Gasteiger partial charge in [-0.15, -0.1) is 0 Å². The summed E-state index contributed by atoms with van der Waals surface area (Å²) in [6, 6.07) is 15.9. The monoisotopic (exact) mass is 570 g/mol. The highest BCUT2D eigenvalue weighted by Gasteiger charge is 2.35. The number of aromatic nitrogens is 1. The van der Waals surface area contributed by atoms with E-state index in [-0.39, 0.29) is 42.7 Å². The Hall–Kier alpha value is -4.52. The molecule has 0 bridgehead atoms. The van der Waals surface area contributed by atoms with Crippen LogP contribution >= 0.6 is 0 Å². The van der Waals surface area contributed by atoms with Gasteiger partial charge in [0, 0.05) is 42.0 Å². The summed E-state index contributed by atoms with van der Waals surface area (Å²) >= 11 is 0. The van der Waals surface area contributed by atoms with Crippen LogP contribution in [0.25, 0.3) is 10.9 Å².